The van der Waals surface area contributed by atoms with E-state index in [-0.39, 0.29) is 24.1 Å². The van der Waals surface area contributed by atoms with Crippen LogP contribution in [0.2, 0.25) is 10.0 Å². The van der Waals surface area contributed by atoms with E-state index in [0.717, 1.165) is 19.3 Å². The van der Waals surface area contributed by atoms with Gasteiger partial charge in [-0.2, -0.15) is 0 Å². The average Bonchev–Trinajstić information content (AvgIpc) is 2.53. The van der Waals surface area contributed by atoms with E-state index in [2.05, 4.69) is 17.2 Å². The van der Waals surface area contributed by atoms with Crippen LogP contribution in [0, 0.1) is 5.92 Å². The molecule has 24 heavy (non-hydrogen) atoms. The van der Waals surface area contributed by atoms with Gasteiger partial charge >= 0.3 is 0 Å². The Balaban J connectivity index is 1.81. The van der Waals surface area contributed by atoms with E-state index in [4.69, 9.17) is 23.2 Å². The first-order valence-electron chi connectivity index (χ1n) is 8.09. The molecule has 128 valence electrons. The molecule has 7 heteroatoms. The Kier molecular flexibility index (Phi) is 5.11. The molecule has 1 aliphatic carbocycles. The van der Waals surface area contributed by atoms with E-state index < -0.39 is 0 Å². The Hall–Kier alpha value is -1.59. The van der Waals surface area contributed by atoms with Crippen molar-refractivity contribution in [3.8, 4) is 0 Å². The smallest absolute Gasteiger partial charge is 0.261 e. The first-order chi connectivity index (χ1) is 11.5. The number of halogens is 2. The third-order valence-corrected chi connectivity index (χ3v) is 5.12. The molecule has 1 aliphatic rings. The van der Waals surface area contributed by atoms with Crippen molar-refractivity contribution in [2.24, 2.45) is 5.92 Å². The molecule has 1 aromatic carbocycles. The highest BCUT2D eigenvalue weighted by Gasteiger charge is 2.23. The highest BCUT2D eigenvalue weighted by molar-refractivity contribution is 6.38. The van der Waals surface area contributed by atoms with Crippen molar-refractivity contribution in [3.05, 3.63) is 38.9 Å². The Bertz CT molecular complexity index is 834. The van der Waals surface area contributed by atoms with Gasteiger partial charge in [-0.25, -0.2) is 4.98 Å². The van der Waals surface area contributed by atoms with Crippen LogP contribution in [0.1, 0.15) is 32.6 Å². The number of carbonyl (C=O) groups is 1. The molecule has 1 N–H and O–H groups in total. The molecule has 0 spiro atoms. The molecule has 0 unspecified atom stereocenters. The van der Waals surface area contributed by atoms with Crippen molar-refractivity contribution in [2.75, 3.05) is 0 Å². The molecule has 3 rings (SSSR count). The maximum absolute atomic E-state index is 12.6. The van der Waals surface area contributed by atoms with Gasteiger partial charge in [-0.15, -0.1) is 0 Å². The first kappa shape index (κ1) is 17.2. The quantitative estimate of drug-likeness (QED) is 0.903. The standard InChI is InChI=1S/C17H19Cl2N3O2/c1-10-4-2-3-5-14(10)21-15(23)8-22-9-20-16-12(17(22)24)6-11(18)7-13(16)19/h6-7,9-10,14H,2-5,8H2,1H3,(H,21,23)/t10-,14-/m1/s1. The van der Waals surface area contributed by atoms with Crippen LogP contribution < -0.4 is 10.9 Å². The molecule has 1 heterocycles. The average molecular weight is 368 g/mol. The predicted octanol–water partition coefficient (Wildman–Crippen LogP) is 3.40. The number of hydrogen-bond acceptors (Lipinski definition) is 3. The molecule has 2 aromatic rings. The minimum Gasteiger partial charge on any atom is -0.352 e. The summed E-state index contributed by atoms with van der Waals surface area (Å²) in [7, 11) is 0. The second kappa shape index (κ2) is 7.11. The third kappa shape index (κ3) is 3.57. The zero-order valence-corrected chi connectivity index (χ0v) is 14.9. The van der Waals surface area contributed by atoms with Crippen LogP contribution in [0.3, 0.4) is 0 Å². The molecule has 5 nitrogen and oxygen atoms in total. The molecule has 0 bridgehead atoms. The van der Waals surface area contributed by atoms with Crippen LogP contribution in [-0.2, 0) is 11.3 Å². The lowest BCUT2D eigenvalue weighted by atomic mass is 9.86. The maximum atomic E-state index is 12.6. The molecule has 0 saturated heterocycles. The second-order valence-electron chi connectivity index (χ2n) is 6.40. The van der Waals surface area contributed by atoms with Crippen LogP contribution in [-0.4, -0.2) is 21.5 Å². The van der Waals surface area contributed by atoms with E-state index in [0.29, 0.717) is 26.9 Å². The fraction of sp³-hybridized carbons (Fsp3) is 0.471. The van der Waals surface area contributed by atoms with Crippen molar-refractivity contribution in [2.45, 2.75) is 45.2 Å². The first-order valence-corrected chi connectivity index (χ1v) is 8.85. The highest BCUT2D eigenvalue weighted by atomic mass is 35.5. The maximum Gasteiger partial charge on any atom is 0.261 e. The summed E-state index contributed by atoms with van der Waals surface area (Å²) in [6.45, 7) is 2.09. The van der Waals surface area contributed by atoms with Crippen molar-refractivity contribution in [1.82, 2.24) is 14.9 Å². The predicted molar refractivity (Wildman–Crippen MR) is 95.6 cm³/mol. The lowest BCUT2D eigenvalue weighted by Crippen LogP contribution is -2.43. The Morgan fingerprint density at radius 1 is 1.33 bits per heavy atom. The summed E-state index contributed by atoms with van der Waals surface area (Å²) in [4.78, 5) is 29.0. The molecule has 0 aliphatic heterocycles. The molecule has 1 fully saturated rings. The van der Waals surface area contributed by atoms with Crippen molar-refractivity contribution in [1.29, 1.82) is 0 Å². The number of aromatic nitrogens is 2. The SMILES string of the molecule is C[C@@H]1CCCC[C@H]1NC(=O)Cn1cnc2c(Cl)cc(Cl)cc2c1=O. The molecule has 1 saturated carbocycles. The Labute approximate surface area is 150 Å². The van der Waals surface area contributed by atoms with Crippen molar-refractivity contribution < 1.29 is 4.79 Å². The fourth-order valence-corrected chi connectivity index (χ4v) is 3.79. The number of nitrogens with zero attached hydrogens (tertiary/aromatic N) is 2. The van der Waals surface area contributed by atoms with Crippen LogP contribution in [0.5, 0.6) is 0 Å². The van der Waals surface area contributed by atoms with Crippen molar-refractivity contribution in [3.63, 3.8) is 0 Å². The van der Waals surface area contributed by atoms with Gasteiger partial charge < -0.3 is 5.32 Å². The summed E-state index contributed by atoms with van der Waals surface area (Å²) in [6, 6.07) is 3.24. The number of fused-ring (bicyclic) bond motifs is 1. The van der Waals surface area contributed by atoms with Gasteiger partial charge in [0, 0.05) is 11.1 Å². The molecule has 1 aromatic heterocycles. The van der Waals surface area contributed by atoms with E-state index in [1.807, 2.05) is 0 Å². The van der Waals surface area contributed by atoms with Gasteiger partial charge in [-0.1, -0.05) is 43.0 Å². The van der Waals surface area contributed by atoms with Gasteiger partial charge in [0.15, 0.2) is 0 Å². The van der Waals surface area contributed by atoms with E-state index >= 15 is 0 Å². The van der Waals surface area contributed by atoms with Gasteiger partial charge in [0.25, 0.3) is 5.56 Å². The summed E-state index contributed by atoms with van der Waals surface area (Å²) in [6.07, 6.45) is 5.81. The summed E-state index contributed by atoms with van der Waals surface area (Å²) in [5, 5.41) is 4.04. The largest absolute Gasteiger partial charge is 0.352 e. The third-order valence-electron chi connectivity index (χ3n) is 4.62. The monoisotopic (exact) mass is 367 g/mol. The van der Waals surface area contributed by atoms with Gasteiger partial charge in [0.1, 0.15) is 6.54 Å². The van der Waals surface area contributed by atoms with Gasteiger partial charge in [0.05, 0.1) is 22.3 Å². The fourth-order valence-electron chi connectivity index (χ4n) is 3.25. The zero-order valence-electron chi connectivity index (χ0n) is 13.4. The van der Waals surface area contributed by atoms with Crippen LogP contribution in [0.4, 0.5) is 0 Å². The summed E-state index contributed by atoms with van der Waals surface area (Å²) in [5.74, 6) is 0.289. The van der Waals surface area contributed by atoms with Gasteiger partial charge in [-0.3, -0.25) is 14.2 Å². The number of amides is 1. The second-order valence-corrected chi connectivity index (χ2v) is 7.24. The van der Waals surface area contributed by atoms with Crippen molar-refractivity contribution >= 4 is 40.0 Å². The normalized spacial score (nSPS) is 21.0. The lowest BCUT2D eigenvalue weighted by Gasteiger charge is -2.29. The van der Waals surface area contributed by atoms with E-state index in [1.54, 1.807) is 6.07 Å². The molecule has 0 radical (unpaired) electrons. The number of rotatable bonds is 3. The summed E-state index contributed by atoms with van der Waals surface area (Å²) in [5.41, 5.74) is 0.0693. The summed E-state index contributed by atoms with van der Waals surface area (Å²) < 4.78 is 1.29. The Morgan fingerprint density at radius 3 is 2.83 bits per heavy atom. The minimum absolute atomic E-state index is 0.0604. The number of nitrogens with one attached hydrogen (secondary N) is 1. The van der Waals surface area contributed by atoms with E-state index in [1.165, 1.54) is 23.4 Å². The minimum atomic E-state index is -0.323. The summed E-state index contributed by atoms with van der Waals surface area (Å²) >= 11 is 12.0. The van der Waals surface area contributed by atoms with E-state index in [9.17, 15) is 9.59 Å². The topological polar surface area (TPSA) is 64.0 Å². The molecule has 2 atom stereocenters. The zero-order chi connectivity index (χ0) is 17.3. The van der Waals surface area contributed by atoms with Gasteiger partial charge in [0.2, 0.25) is 5.91 Å². The molecule has 1 amide bonds. The molecular weight excluding hydrogens is 349 g/mol. The Morgan fingerprint density at radius 2 is 2.08 bits per heavy atom. The number of hydrogen-bond donors (Lipinski definition) is 1. The molecular formula is C17H19Cl2N3O2. The van der Waals surface area contributed by atoms with Crippen LogP contribution >= 0.6 is 23.2 Å². The van der Waals surface area contributed by atoms with Crippen LogP contribution in [0.25, 0.3) is 10.9 Å². The van der Waals surface area contributed by atoms with Crippen LogP contribution in [0.15, 0.2) is 23.3 Å². The lowest BCUT2D eigenvalue weighted by molar-refractivity contribution is -0.123. The number of benzene rings is 1. The number of carbonyl (C=O) groups excluding carboxylic acids is 1. The van der Waals surface area contributed by atoms with Gasteiger partial charge in [-0.05, 0) is 30.9 Å². The highest BCUT2D eigenvalue weighted by Crippen LogP contribution is 2.24.